The van der Waals surface area contributed by atoms with Crippen molar-refractivity contribution in [1.29, 1.82) is 0 Å². The summed E-state index contributed by atoms with van der Waals surface area (Å²) in [7, 11) is 1.78. The highest BCUT2D eigenvalue weighted by Gasteiger charge is 2.27. The summed E-state index contributed by atoms with van der Waals surface area (Å²) in [6.07, 6.45) is 7.62. The first-order valence-corrected chi connectivity index (χ1v) is 10.4. The molecule has 164 valence electrons. The molecule has 3 N–H and O–H groups in total. The summed E-state index contributed by atoms with van der Waals surface area (Å²) in [5, 5.41) is 14.2. The maximum absolute atomic E-state index is 12.4. The Morgan fingerprint density at radius 3 is 2.83 bits per heavy atom. The molecule has 8 heteroatoms. The van der Waals surface area contributed by atoms with E-state index in [0.29, 0.717) is 6.54 Å². The summed E-state index contributed by atoms with van der Waals surface area (Å²) in [6.45, 7) is 4.67. The molecular weight excluding hydrogens is 491 g/mol. The molecule has 7 nitrogen and oxygen atoms in total. The number of benzene rings is 1. The summed E-state index contributed by atoms with van der Waals surface area (Å²) in [4.78, 5) is 16.7. The minimum atomic E-state index is 0. The maximum atomic E-state index is 12.4. The van der Waals surface area contributed by atoms with E-state index < -0.39 is 0 Å². The number of aromatic nitrogens is 2. The van der Waals surface area contributed by atoms with Gasteiger partial charge < -0.3 is 16.0 Å². The van der Waals surface area contributed by atoms with Crippen LogP contribution in [-0.4, -0.2) is 40.8 Å². The molecule has 1 amide bonds. The van der Waals surface area contributed by atoms with Gasteiger partial charge in [0.25, 0.3) is 0 Å². The van der Waals surface area contributed by atoms with Crippen LogP contribution in [0.15, 0.2) is 47.7 Å². The third kappa shape index (κ3) is 7.00. The zero-order valence-corrected chi connectivity index (χ0v) is 20.3. The molecule has 0 spiro atoms. The van der Waals surface area contributed by atoms with Crippen LogP contribution in [0.2, 0.25) is 0 Å². The van der Waals surface area contributed by atoms with Gasteiger partial charge in [0, 0.05) is 44.0 Å². The van der Waals surface area contributed by atoms with E-state index in [1.807, 2.05) is 42.9 Å². The zero-order chi connectivity index (χ0) is 20.6. The van der Waals surface area contributed by atoms with Crippen molar-refractivity contribution >= 4 is 35.8 Å². The fourth-order valence-electron chi connectivity index (χ4n) is 3.77. The van der Waals surface area contributed by atoms with Gasteiger partial charge in [-0.15, -0.1) is 24.0 Å². The first kappa shape index (κ1) is 24.2. The average Bonchev–Trinajstić information content (AvgIpc) is 3.26. The van der Waals surface area contributed by atoms with Crippen molar-refractivity contribution in [3.05, 3.63) is 48.3 Å². The van der Waals surface area contributed by atoms with Gasteiger partial charge in [0.05, 0.1) is 5.69 Å². The maximum Gasteiger partial charge on any atom is 0.223 e. The number of carbonyl (C=O) groups is 1. The Morgan fingerprint density at radius 2 is 2.13 bits per heavy atom. The predicted molar refractivity (Wildman–Crippen MR) is 131 cm³/mol. The van der Waals surface area contributed by atoms with Gasteiger partial charge in [0.15, 0.2) is 5.96 Å². The Balaban J connectivity index is 0.00000320. The summed E-state index contributed by atoms with van der Waals surface area (Å²) in [5.41, 5.74) is 2.18. The smallest absolute Gasteiger partial charge is 0.223 e. The molecule has 0 aliphatic heterocycles. The Labute approximate surface area is 196 Å². The summed E-state index contributed by atoms with van der Waals surface area (Å²) < 4.78 is 1.85. The Bertz CT molecular complexity index is 821. The van der Waals surface area contributed by atoms with Crippen LogP contribution >= 0.6 is 24.0 Å². The lowest BCUT2D eigenvalue weighted by Crippen LogP contribution is -2.47. The monoisotopic (exact) mass is 524 g/mol. The highest BCUT2D eigenvalue weighted by atomic mass is 127. The number of aliphatic imine (C=N–C) groups is 1. The molecule has 1 saturated carbocycles. The lowest BCUT2D eigenvalue weighted by atomic mass is 9.85. The molecule has 1 aliphatic rings. The second kappa shape index (κ2) is 11.9. The zero-order valence-electron chi connectivity index (χ0n) is 18.0. The second-order valence-electron chi connectivity index (χ2n) is 7.91. The summed E-state index contributed by atoms with van der Waals surface area (Å²) >= 11 is 0. The molecule has 0 bridgehead atoms. The van der Waals surface area contributed by atoms with E-state index in [1.165, 1.54) is 0 Å². The minimum Gasteiger partial charge on any atom is -0.354 e. The number of halogens is 1. The van der Waals surface area contributed by atoms with Gasteiger partial charge in [-0.25, -0.2) is 4.68 Å². The number of carbonyl (C=O) groups excluding carboxylic acids is 1. The van der Waals surface area contributed by atoms with Crippen molar-refractivity contribution in [1.82, 2.24) is 25.7 Å². The van der Waals surface area contributed by atoms with Gasteiger partial charge in [-0.2, -0.15) is 5.10 Å². The SMILES string of the molecule is CN=C(NCc1cccc(-n2cccn2)c1)NC1CCCC(C(=O)NC(C)C)C1.I. The number of nitrogens with zero attached hydrogens (tertiary/aromatic N) is 3. The normalized spacial score (nSPS) is 19.1. The Kier molecular flexibility index (Phi) is 9.61. The summed E-state index contributed by atoms with van der Waals surface area (Å²) in [5.74, 6) is 1.02. The number of hydrogen-bond donors (Lipinski definition) is 3. The Hall–Kier alpha value is -2.10. The number of hydrogen-bond acceptors (Lipinski definition) is 3. The molecular formula is C22H33IN6O. The number of rotatable bonds is 6. The molecule has 2 aromatic rings. The number of guanidine groups is 1. The van der Waals surface area contributed by atoms with E-state index in [9.17, 15) is 4.79 Å². The molecule has 0 radical (unpaired) electrons. The first-order chi connectivity index (χ1) is 14.0. The molecule has 1 heterocycles. The summed E-state index contributed by atoms with van der Waals surface area (Å²) in [6, 6.07) is 10.6. The van der Waals surface area contributed by atoms with E-state index >= 15 is 0 Å². The van der Waals surface area contributed by atoms with Crippen LogP contribution in [0.4, 0.5) is 0 Å². The molecule has 1 aliphatic carbocycles. The van der Waals surface area contributed by atoms with E-state index in [4.69, 9.17) is 0 Å². The first-order valence-electron chi connectivity index (χ1n) is 10.4. The average molecular weight is 524 g/mol. The van der Waals surface area contributed by atoms with Crippen LogP contribution in [0.5, 0.6) is 0 Å². The van der Waals surface area contributed by atoms with Crippen LogP contribution in [0, 0.1) is 5.92 Å². The van der Waals surface area contributed by atoms with Gasteiger partial charge >= 0.3 is 0 Å². The third-order valence-electron chi connectivity index (χ3n) is 5.18. The molecule has 3 rings (SSSR count). The predicted octanol–water partition coefficient (Wildman–Crippen LogP) is 3.24. The highest BCUT2D eigenvalue weighted by Crippen LogP contribution is 2.24. The molecule has 1 aromatic heterocycles. The van der Waals surface area contributed by atoms with Gasteiger partial charge in [-0.05, 0) is 56.9 Å². The van der Waals surface area contributed by atoms with Crippen LogP contribution in [0.25, 0.3) is 5.69 Å². The highest BCUT2D eigenvalue weighted by molar-refractivity contribution is 14.0. The molecule has 1 aromatic carbocycles. The minimum absolute atomic E-state index is 0. The van der Waals surface area contributed by atoms with E-state index in [1.54, 1.807) is 13.2 Å². The van der Waals surface area contributed by atoms with E-state index in [2.05, 4.69) is 38.2 Å². The molecule has 30 heavy (non-hydrogen) atoms. The standard InChI is InChI=1S/C22H32N6O.HI/c1-16(2)26-21(29)18-8-5-9-19(14-18)27-22(23-3)24-15-17-7-4-10-20(13-17)28-12-6-11-25-28;/h4,6-7,10-13,16,18-19H,5,8-9,14-15H2,1-3H3,(H,26,29)(H2,23,24,27);1H. The van der Waals surface area contributed by atoms with Crippen molar-refractivity contribution in [3.63, 3.8) is 0 Å². The van der Waals surface area contributed by atoms with Crippen LogP contribution < -0.4 is 16.0 Å². The van der Waals surface area contributed by atoms with Crippen molar-refractivity contribution in [2.45, 2.75) is 58.2 Å². The molecule has 1 fully saturated rings. The Morgan fingerprint density at radius 1 is 1.30 bits per heavy atom. The van der Waals surface area contributed by atoms with Crippen molar-refractivity contribution in [3.8, 4) is 5.69 Å². The van der Waals surface area contributed by atoms with Gasteiger partial charge in [-0.1, -0.05) is 18.6 Å². The molecule has 0 saturated heterocycles. The van der Waals surface area contributed by atoms with Gasteiger partial charge in [0.1, 0.15) is 0 Å². The topological polar surface area (TPSA) is 83.3 Å². The van der Waals surface area contributed by atoms with E-state index in [0.717, 1.165) is 42.9 Å². The van der Waals surface area contributed by atoms with Gasteiger partial charge in [-0.3, -0.25) is 9.79 Å². The largest absolute Gasteiger partial charge is 0.354 e. The number of nitrogens with one attached hydrogen (secondary N) is 3. The van der Waals surface area contributed by atoms with E-state index in [-0.39, 0.29) is 47.9 Å². The fraction of sp³-hybridized carbons (Fsp3) is 0.500. The van der Waals surface area contributed by atoms with Crippen molar-refractivity contribution < 1.29 is 4.79 Å². The number of amides is 1. The molecule has 2 atom stereocenters. The lowest BCUT2D eigenvalue weighted by Gasteiger charge is -2.30. The lowest BCUT2D eigenvalue weighted by molar-refractivity contribution is -0.126. The van der Waals surface area contributed by atoms with Crippen LogP contribution in [0.3, 0.4) is 0 Å². The van der Waals surface area contributed by atoms with Gasteiger partial charge in [0.2, 0.25) is 5.91 Å². The van der Waals surface area contributed by atoms with Crippen LogP contribution in [0.1, 0.15) is 45.1 Å². The van der Waals surface area contributed by atoms with Crippen molar-refractivity contribution in [2.75, 3.05) is 7.05 Å². The third-order valence-corrected chi connectivity index (χ3v) is 5.18. The fourth-order valence-corrected chi connectivity index (χ4v) is 3.77. The quantitative estimate of drug-likeness (QED) is 0.308. The molecule has 2 unspecified atom stereocenters. The van der Waals surface area contributed by atoms with Crippen molar-refractivity contribution in [2.24, 2.45) is 10.9 Å². The van der Waals surface area contributed by atoms with Crippen LogP contribution in [-0.2, 0) is 11.3 Å². The second-order valence-corrected chi connectivity index (χ2v) is 7.91.